The maximum absolute atomic E-state index is 13.1. The first kappa shape index (κ1) is 21.7. The first-order chi connectivity index (χ1) is 17.2. The van der Waals surface area contributed by atoms with E-state index in [4.69, 9.17) is 0 Å². The molecule has 2 aliphatic rings. The summed E-state index contributed by atoms with van der Waals surface area (Å²) in [6.45, 7) is 0.553. The highest BCUT2D eigenvalue weighted by Gasteiger charge is 2.32. The van der Waals surface area contributed by atoms with E-state index in [0.29, 0.717) is 25.0 Å². The lowest BCUT2D eigenvalue weighted by molar-refractivity contribution is -0.132. The third kappa shape index (κ3) is 5.16. The molecule has 0 atom stereocenters. The summed E-state index contributed by atoms with van der Waals surface area (Å²) in [5.41, 5.74) is 5.25. The lowest BCUT2D eigenvalue weighted by atomic mass is 10.0. The van der Waals surface area contributed by atoms with Crippen LogP contribution >= 0.6 is 0 Å². The lowest BCUT2D eigenvalue weighted by Gasteiger charge is -2.22. The van der Waals surface area contributed by atoms with Crippen LogP contribution in [0.15, 0.2) is 73.2 Å². The summed E-state index contributed by atoms with van der Waals surface area (Å²) in [6.07, 6.45) is 9.32. The highest BCUT2D eigenvalue weighted by atomic mass is 16.2. The predicted molar refractivity (Wildman–Crippen MR) is 138 cm³/mol. The Bertz CT molecular complexity index is 1350. The third-order valence-corrected chi connectivity index (χ3v) is 6.81. The van der Waals surface area contributed by atoms with Gasteiger partial charge in [-0.2, -0.15) is 0 Å². The summed E-state index contributed by atoms with van der Waals surface area (Å²) in [5, 5.41) is 4.56. The Labute approximate surface area is 205 Å². The fraction of sp³-hybridized carbons (Fsp3) is 0.310. The molecule has 2 fully saturated rings. The van der Waals surface area contributed by atoms with Crippen LogP contribution in [0.1, 0.15) is 43.4 Å². The number of fused-ring (bicyclic) bond motifs is 1. The Morgan fingerprint density at radius 3 is 2.54 bits per heavy atom. The smallest absolute Gasteiger partial charge is 0.223 e. The molecule has 0 bridgehead atoms. The number of hydrogen-bond donors (Lipinski definition) is 1. The molecule has 2 heterocycles. The van der Waals surface area contributed by atoms with Crippen molar-refractivity contribution in [1.29, 1.82) is 0 Å². The fourth-order valence-electron chi connectivity index (χ4n) is 4.54. The van der Waals surface area contributed by atoms with E-state index in [1.165, 1.54) is 18.4 Å². The molecule has 6 heteroatoms. The SMILES string of the molecule is O=C(CCc1ccccc1)N(Cc1cc(-c2ccc3ncnc(NC4CC4)c3c2)ccn1)C1CC1. The summed E-state index contributed by atoms with van der Waals surface area (Å²) >= 11 is 0. The monoisotopic (exact) mass is 463 g/mol. The second-order valence-electron chi connectivity index (χ2n) is 9.65. The molecule has 6 rings (SSSR count). The Morgan fingerprint density at radius 2 is 1.74 bits per heavy atom. The van der Waals surface area contributed by atoms with Gasteiger partial charge in [-0.05, 0) is 73.1 Å². The van der Waals surface area contributed by atoms with Crippen LogP contribution in [0.25, 0.3) is 22.0 Å². The van der Waals surface area contributed by atoms with Crippen LogP contribution in [0.5, 0.6) is 0 Å². The van der Waals surface area contributed by atoms with Gasteiger partial charge in [0.15, 0.2) is 0 Å². The van der Waals surface area contributed by atoms with Crippen LogP contribution in [-0.4, -0.2) is 37.8 Å². The van der Waals surface area contributed by atoms with Gasteiger partial charge in [-0.15, -0.1) is 0 Å². The number of amides is 1. The highest BCUT2D eigenvalue weighted by molar-refractivity contribution is 5.92. The van der Waals surface area contributed by atoms with Gasteiger partial charge in [0.1, 0.15) is 12.1 Å². The minimum Gasteiger partial charge on any atom is -0.367 e. The first-order valence-electron chi connectivity index (χ1n) is 12.5. The Morgan fingerprint density at radius 1 is 0.914 bits per heavy atom. The van der Waals surface area contributed by atoms with Crippen molar-refractivity contribution in [3.63, 3.8) is 0 Å². The zero-order valence-corrected chi connectivity index (χ0v) is 19.7. The van der Waals surface area contributed by atoms with Crippen LogP contribution in [0, 0.1) is 0 Å². The molecule has 0 unspecified atom stereocenters. The van der Waals surface area contributed by atoms with Gasteiger partial charge in [0.2, 0.25) is 5.91 Å². The van der Waals surface area contributed by atoms with Crippen molar-refractivity contribution >= 4 is 22.6 Å². The van der Waals surface area contributed by atoms with E-state index in [9.17, 15) is 4.79 Å². The zero-order valence-electron chi connectivity index (χ0n) is 19.7. The molecule has 2 aromatic carbocycles. The molecule has 2 saturated carbocycles. The summed E-state index contributed by atoms with van der Waals surface area (Å²) in [7, 11) is 0. The van der Waals surface area contributed by atoms with Gasteiger partial charge >= 0.3 is 0 Å². The normalized spacial score (nSPS) is 15.2. The number of rotatable bonds is 9. The van der Waals surface area contributed by atoms with Crippen LogP contribution in [0.4, 0.5) is 5.82 Å². The average Bonchev–Trinajstić information content (AvgIpc) is 3.82. The minimum atomic E-state index is 0.210. The van der Waals surface area contributed by atoms with Gasteiger partial charge in [-0.25, -0.2) is 9.97 Å². The zero-order chi connectivity index (χ0) is 23.6. The molecule has 0 radical (unpaired) electrons. The number of benzene rings is 2. The second kappa shape index (κ2) is 9.45. The maximum Gasteiger partial charge on any atom is 0.223 e. The number of pyridine rings is 1. The van der Waals surface area contributed by atoms with Crippen molar-refractivity contribution in [2.24, 2.45) is 0 Å². The number of aromatic nitrogens is 3. The van der Waals surface area contributed by atoms with E-state index in [1.807, 2.05) is 41.4 Å². The molecule has 0 saturated heterocycles. The number of nitrogens with one attached hydrogen (secondary N) is 1. The van der Waals surface area contributed by atoms with Crippen molar-refractivity contribution in [2.45, 2.75) is 57.2 Å². The molecule has 1 amide bonds. The molecule has 6 nitrogen and oxygen atoms in total. The average molecular weight is 464 g/mol. The molecule has 4 aromatic rings. The Hall–Kier alpha value is -3.80. The lowest BCUT2D eigenvalue weighted by Crippen LogP contribution is -2.33. The fourth-order valence-corrected chi connectivity index (χ4v) is 4.54. The standard InChI is InChI=1S/C29H29N5O/c35-28(13-6-20-4-2-1-3-5-20)34(25-10-11-25)18-24-16-22(14-15-30-24)21-7-12-27-26(17-21)29(32-19-31-27)33-23-8-9-23/h1-5,7,12,14-17,19,23,25H,6,8-11,13,18H2,(H,31,32,33). The van der Waals surface area contributed by atoms with Gasteiger partial charge in [-0.3, -0.25) is 9.78 Å². The molecule has 35 heavy (non-hydrogen) atoms. The molecule has 0 spiro atoms. The van der Waals surface area contributed by atoms with Crippen LogP contribution in [-0.2, 0) is 17.8 Å². The molecule has 2 aromatic heterocycles. The van der Waals surface area contributed by atoms with Crippen LogP contribution in [0.3, 0.4) is 0 Å². The summed E-state index contributed by atoms with van der Waals surface area (Å²) < 4.78 is 0. The van der Waals surface area contributed by atoms with Crippen molar-refractivity contribution in [1.82, 2.24) is 19.9 Å². The summed E-state index contributed by atoms with van der Waals surface area (Å²) in [6, 6.07) is 21.5. The third-order valence-electron chi connectivity index (χ3n) is 6.81. The molecule has 1 N–H and O–H groups in total. The highest BCUT2D eigenvalue weighted by Crippen LogP contribution is 2.32. The number of carbonyl (C=O) groups is 1. The van der Waals surface area contributed by atoms with E-state index in [2.05, 4.69) is 50.6 Å². The largest absolute Gasteiger partial charge is 0.367 e. The summed E-state index contributed by atoms with van der Waals surface area (Å²) in [4.78, 5) is 28.7. The van der Waals surface area contributed by atoms with Gasteiger partial charge in [0.05, 0.1) is 17.8 Å². The van der Waals surface area contributed by atoms with Gasteiger partial charge in [0.25, 0.3) is 0 Å². The van der Waals surface area contributed by atoms with Crippen molar-refractivity contribution in [2.75, 3.05) is 5.32 Å². The molecule has 2 aliphatic carbocycles. The van der Waals surface area contributed by atoms with Crippen molar-refractivity contribution in [3.8, 4) is 11.1 Å². The quantitative estimate of drug-likeness (QED) is 0.360. The number of nitrogens with zero attached hydrogens (tertiary/aromatic N) is 4. The van der Waals surface area contributed by atoms with Crippen LogP contribution < -0.4 is 5.32 Å². The van der Waals surface area contributed by atoms with E-state index in [-0.39, 0.29) is 5.91 Å². The Balaban J connectivity index is 1.21. The van der Waals surface area contributed by atoms with E-state index in [1.54, 1.807) is 6.33 Å². The summed E-state index contributed by atoms with van der Waals surface area (Å²) in [5.74, 6) is 1.11. The van der Waals surface area contributed by atoms with Crippen LogP contribution in [0.2, 0.25) is 0 Å². The van der Waals surface area contributed by atoms with Crippen molar-refractivity contribution in [3.05, 3.63) is 84.4 Å². The van der Waals surface area contributed by atoms with E-state index >= 15 is 0 Å². The van der Waals surface area contributed by atoms with Crippen molar-refractivity contribution < 1.29 is 4.79 Å². The number of anilines is 1. The maximum atomic E-state index is 13.1. The number of hydrogen-bond acceptors (Lipinski definition) is 5. The minimum absolute atomic E-state index is 0.210. The second-order valence-corrected chi connectivity index (χ2v) is 9.65. The van der Waals surface area contributed by atoms with E-state index < -0.39 is 0 Å². The van der Waals surface area contributed by atoms with Gasteiger partial charge < -0.3 is 10.2 Å². The molecule has 176 valence electrons. The number of carbonyl (C=O) groups excluding carboxylic acids is 1. The topological polar surface area (TPSA) is 71.0 Å². The van der Waals surface area contributed by atoms with Gasteiger partial charge in [0, 0.05) is 30.1 Å². The number of aryl methyl sites for hydroxylation is 1. The predicted octanol–water partition coefficient (Wildman–Crippen LogP) is 5.39. The van der Waals surface area contributed by atoms with Gasteiger partial charge in [-0.1, -0.05) is 36.4 Å². The molecular weight excluding hydrogens is 434 g/mol. The van der Waals surface area contributed by atoms with E-state index in [0.717, 1.165) is 52.8 Å². The Kier molecular flexibility index (Phi) is 5.86. The molecular formula is C29H29N5O. The molecule has 0 aliphatic heterocycles. The first-order valence-corrected chi connectivity index (χ1v) is 12.5.